The summed E-state index contributed by atoms with van der Waals surface area (Å²) in [6.45, 7) is 13.0. The maximum absolute atomic E-state index is 13.3. The highest BCUT2D eigenvalue weighted by Gasteiger charge is 2.34. The Bertz CT molecular complexity index is 1100. The molecule has 1 aliphatic rings. The first-order chi connectivity index (χ1) is 14.9. The van der Waals surface area contributed by atoms with Gasteiger partial charge in [-0.3, -0.25) is 4.79 Å². The molecule has 0 radical (unpaired) electrons. The molecule has 0 bridgehead atoms. The number of ether oxygens (including phenoxy) is 1. The molecule has 1 aromatic carbocycles. The molecule has 0 saturated carbocycles. The van der Waals surface area contributed by atoms with Crippen LogP contribution < -0.4 is 5.32 Å². The molecule has 1 saturated heterocycles. The third-order valence-corrected chi connectivity index (χ3v) is 6.51. The Labute approximate surface area is 184 Å². The molecule has 4 rings (SSSR count). The molecule has 1 aliphatic heterocycles. The summed E-state index contributed by atoms with van der Waals surface area (Å²) in [7, 11) is 0. The molecule has 0 spiro atoms. The molecule has 31 heavy (non-hydrogen) atoms. The van der Waals surface area contributed by atoms with Crippen molar-refractivity contribution in [2.75, 3.05) is 25.1 Å². The molecule has 1 amide bonds. The first-order valence-electron chi connectivity index (χ1n) is 11.1. The van der Waals surface area contributed by atoms with E-state index < -0.39 is 0 Å². The lowest BCUT2D eigenvalue weighted by atomic mass is 10.0. The largest absolute Gasteiger partial charge is 0.380 e. The Morgan fingerprint density at radius 1 is 1.26 bits per heavy atom. The molecule has 1 atom stereocenters. The lowest BCUT2D eigenvalue weighted by molar-refractivity contribution is 0.0106. The van der Waals surface area contributed by atoms with Crippen LogP contribution in [0.4, 0.5) is 5.82 Å². The fraction of sp³-hybridized carbons (Fsp3) is 0.440. The molecular weight excluding hydrogens is 388 g/mol. The monoisotopic (exact) mass is 420 g/mol. The molecule has 0 aliphatic carbocycles. The van der Waals surface area contributed by atoms with Gasteiger partial charge in [0.05, 0.1) is 18.2 Å². The van der Waals surface area contributed by atoms with E-state index in [9.17, 15) is 4.79 Å². The van der Waals surface area contributed by atoms with Crippen LogP contribution >= 0.6 is 0 Å². The van der Waals surface area contributed by atoms with Gasteiger partial charge in [0, 0.05) is 30.8 Å². The number of carbonyl (C=O) groups excluding carboxylic acids is 1. The van der Waals surface area contributed by atoms with Gasteiger partial charge in [0.15, 0.2) is 5.82 Å². The number of H-pyrrole nitrogens is 1. The Hall–Kier alpha value is -2.86. The summed E-state index contributed by atoms with van der Waals surface area (Å²) in [6.07, 6.45) is 0.980. The molecule has 6 nitrogen and oxygen atoms in total. The summed E-state index contributed by atoms with van der Waals surface area (Å²) in [5.74, 6) is 0.702. The van der Waals surface area contributed by atoms with E-state index in [1.54, 1.807) is 0 Å². The molecule has 3 heterocycles. The number of carbonyl (C=O) groups is 1. The number of nitrogens with zero attached hydrogens (tertiary/aromatic N) is 2. The predicted octanol–water partition coefficient (Wildman–Crippen LogP) is 4.66. The summed E-state index contributed by atoms with van der Waals surface area (Å²) in [5.41, 5.74) is 7.43. The number of pyridine rings is 1. The zero-order chi connectivity index (χ0) is 22.1. The molecule has 2 N–H and O–H groups in total. The van der Waals surface area contributed by atoms with Crippen molar-refractivity contribution in [1.82, 2.24) is 14.9 Å². The minimum absolute atomic E-state index is 0.0220. The smallest absolute Gasteiger partial charge is 0.272 e. The van der Waals surface area contributed by atoms with E-state index in [4.69, 9.17) is 9.72 Å². The van der Waals surface area contributed by atoms with Gasteiger partial charge in [0.2, 0.25) is 0 Å². The maximum Gasteiger partial charge on any atom is 0.272 e. The summed E-state index contributed by atoms with van der Waals surface area (Å²) >= 11 is 0. The van der Waals surface area contributed by atoms with Crippen molar-refractivity contribution in [1.29, 1.82) is 0 Å². The van der Waals surface area contributed by atoms with Crippen LogP contribution in [0.1, 0.15) is 51.8 Å². The molecule has 1 fully saturated rings. The van der Waals surface area contributed by atoms with Gasteiger partial charge in [0.1, 0.15) is 5.69 Å². The van der Waals surface area contributed by atoms with E-state index in [-0.39, 0.29) is 11.9 Å². The molecule has 1 unspecified atom stereocenters. The summed E-state index contributed by atoms with van der Waals surface area (Å²) in [4.78, 5) is 23.4. The second kappa shape index (κ2) is 8.71. The summed E-state index contributed by atoms with van der Waals surface area (Å²) < 4.78 is 5.55. The number of aromatic nitrogens is 2. The van der Waals surface area contributed by atoms with Crippen molar-refractivity contribution in [3.05, 3.63) is 57.9 Å². The average Bonchev–Trinajstić information content (AvgIpc) is 3.01. The number of aromatic amines is 1. The van der Waals surface area contributed by atoms with Crippen LogP contribution in [0.15, 0.2) is 24.3 Å². The Morgan fingerprint density at radius 2 is 2.00 bits per heavy atom. The second-order valence-corrected chi connectivity index (χ2v) is 8.48. The van der Waals surface area contributed by atoms with Gasteiger partial charge in [0.25, 0.3) is 5.91 Å². The summed E-state index contributed by atoms with van der Waals surface area (Å²) in [5, 5.41) is 4.55. The topological polar surface area (TPSA) is 70.2 Å². The van der Waals surface area contributed by atoms with Gasteiger partial charge < -0.3 is 19.9 Å². The minimum Gasteiger partial charge on any atom is -0.380 e. The van der Waals surface area contributed by atoms with E-state index in [1.165, 1.54) is 16.7 Å². The zero-order valence-corrected chi connectivity index (χ0v) is 19.1. The van der Waals surface area contributed by atoms with Gasteiger partial charge in [-0.1, -0.05) is 18.2 Å². The van der Waals surface area contributed by atoms with Gasteiger partial charge in [-0.15, -0.1) is 0 Å². The standard InChI is InChI=1S/C25H32N4O2/c1-6-31-14-19-10-11-29(19)25(30)22-12-20-17(4)18(5)27-23(20)24(28-22)26-13-21-15(2)8-7-9-16(21)3/h7-9,12,19,27H,6,10-11,13-14H2,1-5H3,(H,26,28). The van der Waals surface area contributed by atoms with Crippen molar-refractivity contribution in [3.8, 4) is 0 Å². The van der Waals surface area contributed by atoms with Crippen LogP contribution in [0.5, 0.6) is 0 Å². The first-order valence-corrected chi connectivity index (χ1v) is 11.1. The number of benzene rings is 1. The number of likely N-dealkylation sites (tertiary alicyclic amines) is 1. The Kier molecular flexibility index (Phi) is 6.01. The molecule has 164 valence electrons. The summed E-state index contributed by atoms with van der Waals surface area (Å²) in [6, 6.07) is 8.39. The number of hydrogen-bond donors (Lipinski definition) is 2. The van der Waals surface area contributed by atoms with Crippen LogP contribution in [-0.2, 0) is 11.3 Å². The van der Waals surface area contributed by atoms with Gasteiger partial charge >= 0.3 is 0 Å². The molecule has 6 heteroatoms. The highest BCUT2D eigenvalue weighted by Crippen LogP contribution is 2.30. The van der Waals surface area contributed by atoms with Crippen molar-refractivity contribution in [3.63, 3.8) is 0 Å². The number of anilines is 1. The van der Waals surface area contributed by atoms with Crippen LogP contribution in [-0.4, -0.2) is 46.6 Å². The van der Waals surface area contributed by atoms with Crippen LogP contribution in [0.2, 0.25) is 0 Å². The number of nitrogens with one attached hydrogen (secondary N) is 2. The zero-order valence-electron chi connectivity index (χ0n) is 19.1. The Morgan fingerprint density at radius 3 is 2.65 bits per heavy atom. The fourth-order valence-corrected chi connectivity index (χ4v) is 4.27. The highest BCUT2D eigenvalue weighted by atomic mass is 16.5. The van der Waals surface area contributed by atoms with Crippen molar-refractivity contribution < 1.29 is 9.53 Å². The average molecular weight is 421 g/mol. The van der Waals surface area contributed by atoms with E-state index in [1.807, 2.05) is 17.9 Å². The molecule has 3 aromatic rings. The number of hydrogen-bond acceptors (Lipinski definition) is 4. The Balaban J connectivity index is 1.66. The number of rotatable bonds is 7. The number of aryl methyl sites for hydroxylation is 4. The molecule has 2 aromatic heterocycles. The minimum atomic E-state index is -0.0220. The predicted molar refractivity (Wildman–Crippen MR) is 125 cm³/mol. The lowest BCUT2D eigenvalue weighted by Crippen LogP contribution is -2.53. The van der Waals surface area contributed by atoms with Crippen molar-refractivity contribution in [2.45, 2.75) is 53.6 Å². The fourth-order valence-electron chi connectivity index (χ4n) is 4.27. The normalized spacial score (nSPS) is 15.9. The SMILES string of the molecule is CCOCC1CCN1C(=O)c1cc2c(C)c(C)[nH]c2c(NCc2c(C)cccc2C)n1. The van der Waals surface area contributed by atoms with E-state index in [2.05, 4.69) is 56.2 Å². The van der Waals surface area contributed by atoms with Gasteiger partial charge in [-0.25, -0.2) is 4.98 Å². The number of amides is 1. The first kappa shape index (κ1) is 21.4. The van der Waals surface area contributed by atoms with E-state index >= 15 is 0 Å². The van der Waals surface area contributed by atoms with Crippen LogP contribution in [0.3, 0.4) is 0 Å². The molecular formula is C25H32N4O2. The van der Waals surface area contributed by atoms with E-state index in [0.717, 1.165) is 40.9 Å². The highest BCUT2D eigenvalue weighted by molar-refractivity contribution is 6.01. The number of fused-ring (bicyclic) bond motifs is 1. The maximum atomic E-state index is 13.3. The lowest BCUT2D eigenvalue weighted by Gasteiger charge is -2.40. The van der Waals surface area contributed by atoms with Crippen LogP contribution in [0.25, 0.3) is 10.9 Å². The third kappa shape index (κ3) is 4.04. The van der Waals surface area contributed by atoms with E-state index in [0.29, 0.717) is 25.5 Å². The van der Waals surface area contributed by atoms with Gasteiger partial charge in [-0.05, 0) is 69.4 Å². The van der Waals surface area contributed by atoms with Crippen molar-refractivity contribution >= 4 is 22.6 Å². The van der Waals surface area contributed by atoms with Gasteiger partial charge in [-0.2, -0.15) is 0 Å². The van der Waals surface area contributed by atoms with Crippen molar-refractivity contribution in [2.24, 2.45) is 0 Å². The second-order valence-electron chi connectivity index (χ2n) is 8.48. The quantitative estimate of drug-likeness (QED) is 0.583. The third-order valence-electron chi connectivity index (χ3n) is 6.51. The van der Waals surface area contributed by atoms with Crippen LogP contribution in [0, 0.1) is 27.7 Å².